The Morgan fingerprint density at radius 2 is 2.17 bits per heavy atom. The van der Waals surface area contributed by atoms with Crippen molar-refractivity contribution >= 4 is 0 Å². The van der Waals surface area contributed by atoms with E-state index in [1.807, 2.05) is 12.1 Å². The molecule has 1 aliphatic heterocycles. The number of rotatable bonds is 4. The Morgan fingerprint density at radius 3 is 2.72 bits per heavy atom. The van der Waals surface area contributed by atoms with E-state index in [4.69, 9.17) is 5.73 Å². The van der Waals surface area contributed by atoms with Crippen LogP contribution in [0.2, 0.25) is 0 Å². The molecule has 3 atom stereocenters. The van der Waals surface area contributed by atoms with Gasteiger partial charge in [-0.25, -0.2) is 4.39 Å². The lowest BCUT2D eigenvalue weighted by Gasteiger charge is -2.32. The van der Waals surface area contributed by atoms with Crippen molar-refractivity contribution in [2.45, 2.75) is 38.8 Å². The van der Waals surface area contributed by atoms with E-state index >= 15 is 0 Å². The van der Waals surface area contributed by atoms with Crippen molar-refractivity contribution < 1.29 is 4.39 Å². The van der Waals surface area contributed by atoms with Crippen LogP contribution in [0, 0.1) is 11.7 Å². The van der Waals surface area contributed by atoms with Gasteiger partial charge < -0.3 is 5.73 Å². The topological polar surface area (TPSA) is 29.3 Å². The number of likely N-dealkylation sites (tertiary alicyclic amines) is 1. The third-order valence-corrected chi connectivity index (χ3v) is 3.95. The van der Waals surface area contributed by atoms with Gasteiger partial charge in [0.05, 0.1) is 6.04 Å². The highest BCUT2D eigenvalue weighted by molar-refractivity contribution is 5.23. The van der Waals surface area contributed by atoms with Crippen LogP contribution in [0.15, 0.2) is 24.3 Å². The highest BCUT2D eigenvalue weighted by Gasteiger charge is 2.31. The van der Waals surface area contributed by atoms with E-state index in [2.05, 4.69) is 18.7 Å². The van der Waals surface area contributed by atoms with Crippen LogP contribution < -0.4 is 5.73 Å². The van der Waals surface area contributed by atoms with Gasteiger partial charge in [-0.15, -0.1) is 0 Å². The van der Waals surface area contributed by atoms with Gasteiger partial charge in [-0.1, -0.05) is 32.0 Å². The van der Waals surface area contributed by atoms with Crippen molar-refractivity contribution in [3.8, 4) is 0 Å². The summed E-state index contributed by atoms with van der Waals surface area (Å²) in [7, 11) is 0. The first-order valence-electron chi connectivity index (χ1n) is 6.87. The molecule has 3 heteroatoms. The van der Waals surface area contributed by atoms with Crippen molar-refractivity contribution in [3.63, 3.8) is 0 Å². The maximum Gasteiger partial charge on any atom is 0.128 e. The van der Waals surface area contributed by atoms with Crippen molar-refractivity contribution in [2.24, 2.45) is 11.7 Å². The molecule has 3 unspecified atom stereocenters. The van der Waals surface area contributed by atoms with Gasteiger partial charge in [0.1, 0.15) is 5.82 Å². The van der Waals surface area contributed by atoms with E-state index in [0.29, 0.717) is 5.92 Å². The molecule has 2 rings (SSSR count). The molecular formula is C15H23FN2. The Balaban J connectivity index is 2.28. The smallest absolute Gasteiger partial charge is 0.128 e. The first-order chi connectivity index (χ1) is 8.63. The van der Waals surface area contributed by atoms with Gasteiger partial charge in [-0.3, -0.25) is 4.90 Å². The summed E-state index contributed by atoms with van der Waals surface area (Å²) >= 11 is 0. The summed E-state index contributed by atoms with van der Waals surface area (Å²) in [6.07, 6.45) is 2.05. The van der Waals surface area contributed by atoms with Crippen LogP contribution in [0.4, 0.5) is 4.39 Å². The molecule has 2 N–H and O–H groups in total. The van der Waals surface area contributed by atoms with Crippen molar-refractivity contribution in [3.05, 3.63) is 35.6 Å². The van der Waals surface area contributed by atoms with Crippen LogP contribution in [0.3, 0.4) is 0 Å². The second kappa shape index (κ2) is 5.81. The molecule has 2 nitrogen and oxygen atoms in total. The standard InChI is InChI=1S/C15H23FN2/c1-3-14(17)15(18-9-8-11(2)10-18)12-6-4-5-7-13(12)16/h4-7,11,14-15H,3,8-10,17H2,1-2H3. The van der Waals surface area contributed by atoms with Crippen LogP contribution in [0.1, 0.15) is 38.3 Å². The predicted octanol–water partition coefficient (Wildman–Crippen LogP) is 2.95. The zero-order valence-corrected chi connectivity index (χ0v) is 11.3. The average Bonchev–Trinajstić information content (AvgIpc) is 2.78. The Hall–Kier alpha value is -0.930. The molecule has 0 bridgehead atoms. The lowest BCUT2D eigenvalue weighted by molar-refractivity contribution is 0.199. The highest BCUT2D eigenvalue weighted by Crippen LogP contribution is 2.31. The lowest BCUT2D eigenvalue weighted by Crippen LogP contribution is -2.40. The van der Waals surface area contributed by atoms with Gasteiger partial charge in [-0.2, -0.15) is 0 Å². The van der Waals surface area contributed by atoms with Gasteiger partial charge in [0.2, 0.25) is 0 Å². The van der Waals surface area contributed by atoms with E-state index in [-0.39, 0.29) is 17.9 Å². The lowest BCUT2D eigenvalue weighted by atomic mass is 9.96. The average molecular weight is 250 g/mol. The predicted molar refractivity (Wildman–Crippen MR) is 72.8 cm³/mol. The van der Waals surface area contributed by atoms with E-state index in [0.717, 1.165) is 25.1 Å². The number of nitrogens with zero attached hydrogens (tertiary/aromatic N) is 1. The molecule has 1 heterocycles. The molecule has 0 aromatic heterocycles. The SMILES string of the molecule is CCC(N)C(c1ccccc1F)N1CCC(C)C1. The largest absolute Gasteiger partial charge is 0.326 e. The second-order valence-electron chi connectivity index (χ2n) is 5.43. The van der Waals surface area contributed by atoms with Gasteiger partial charge in [0.25, 0.3) is 0 Å². The maximum atomic E-state index is 14.0. The fraction of sp³-hybridized carbons (Fsp3) is 0.600. The zero-order valence-electron chi connectivity index (χ0n) is 11.3. The third-order valence-electron chi connectivity index (χ3n) is 3.95. The number of hydrogen-bond acceptors (Lipinski definition) is 2. The summed E-state index contributed by atoms with van der Waals surface area (Å²) in [5.74, 6) is 0.550. The Kier molecular flexibility index (Phi) is 4.36. The molecule has 1 aliphatic rings. The van der Waals surface area contributed by atoms with Gasteiger partial charge in [0, 0.05) is 18.2 Å². The van der Waals surface area contributed by atoms with E-state index in [1.54, 1.807) is 6.07 Å². The molecule has 1 aromatic carbocycles. The van der Waals surface area contributed by atoms with Crippen molar-refractivity contribution in [2.75, 3.05) is 13.1 Å². The van der Waals surface area contributed by atoms with E-state index in [1.165, 1.54) is 12.5 Å². The van der Waals surface area contributed by atoms with E-state index in [9.17, 15) is 4.39 Å². The summed E-state index contributed by atoms with van der Waals surface area (Å²) in [5, 5.41) is 0. The van der Waals surface area contributed by atoms with Crippen molar-refractivity contribution in [1.29, 1.82) is 0 Å². The highest BCUT2D eigenvalue weighted by atomic mass is 19.1. The number of hydrogen-bond donors (Lipinski definition) is 1. The van der Waals surface area contributed by atoms with Crippen molar-refractivity contribution in [1.82, 2.24) is 4.90 Å². The summed E-state index contributed by atoms with van der Waals surface area (Å²) in [6.45, 7) is 6.36. The molecular weight excluding hydrogens is 227 g/mol. The first kappa shape index (κ1) is 13.5. The summed E-state index contributed by atoms with van der Waals surface area (Å²) < 4.78 is 14.0. The minimum Gasteiger partial charge on any atom is -0.326 e. The van der Waals surface area contributed by atoms with Crippen LogP contribution in [-0.2, 0) is 0 Å². The normalized spacial score (nSPS) is 24.1. The summed E-state index contributed by atoms with van der Waals surface area (Å²) in [4.78, 5) is 2.34. The second-order valence-corrected chi connectivity index (χ2v) is 5.43. The number of benzene rings is 1. The quantitative estimate of drug-likeness (QED) is 0.890. The molecule has 18 heavy (non-hydrogen) atoms. The zero-order chi connectivity index (χ0) is 13.1. The molecule has 0 aliphatic carbocycles. The molecule has 100 valence electrons. The van der Waals surface area contributed by atoms with Crippen LogP contribution in [0.5, 0.6) is 0 Å². The molecule has 1 saturated heterocycles. The number of halogens is 1. The number of nitrogens with two attached hydrogens (primary N) is 1. The molecule has 0 saturated carbocycles. The Labute approximate surface area is 109 Å². The minimum atomic E-state index is -0.133. The van der Waals surface area contributed by atoms with E-state index < -0.39 is 0 Å². The summed E-state index contributed by atoms with van der Waals surface area (Å²) in [5.41, 5.74) is 6.99. The first-order valence-corrected chi connectivity index (χ1v) is 6.87. The Bertz CT molecular complexity index is 394. The van der Waals surface area contributed by atoms with Crippen LogP contribution in [-0.4, -0.2) is 24.0 Å². The molecule has 0 radical (unpaired) electrons. The molecule has 0 amide bonds. The fourth-order valence-electron chi connectivity index (χ4n) is 2.86. The van der Waals surface area contributed by atoms with Gasteiger partial charge >= 0.3 is 0 Å². The third kappa shape index (κ3) is 2.73. The van der Waals surface area contributed by atoms with Crippen LogP contribution in [0.25, 0.3) is 0 Å². The Morgan fingerprint density at radius 1 is 1.44 bits per heavy atom. The molecule has 1 aromatic rings. The van der Waals surface area contributed by atoms with Crippen LogP contribution >= 0.6 is 0 Å². The fourth-order valence-corrected chi connectivity index (χ4v) is 2.86. The monoisotopic (exact) mass is 250 g/mol. The van der Waals surface area contributed by atoms with Gasteiger partial charge in [-0.05, 0) is 31.4 Å². The minimum absolute atomic E-state index is 0.00722. The summed E-state index contributed by atoms with van der Waals surface area (Å²) in [6, 6.07) is 7.05. The molecule has 0 spiro atoms. The molecule has 1 fully saturated rings. The van der Waals surface area contributed by atoms with Gasteiger partial charge in [0.15, 0.2) is 0 Å². The maximum absolute atomic E-state index is 14.0.